The number of hydrogen-bond donors (Lipinski definition) is 1. The van der Waals surface area contributed by atoms with E-state index in [-0.39, 0.29) is 27.7 Å². The molecule has 1 amide bonds. The van der Waals surface area contributed by atoms with Crippen LogP contribution in [0.25, 0.3) is 0 Å². The topological polar surface area (TPSA) is 101 Å². The van der Waals surface area contributed by atoms with Crippen molar-refractivity contribution in [1.29, 1.82) is 0 Å². The second-order valence-corrected chi connectivity index (χ2v) is 11.4. The Kier molecular flexibility index (Phi) is 6.95. The molecule has 1 heterocycles. The highest BCUT2D eigenvalue weighted by atomic mass is 32.2. The van der Waals surface area contributed by atoms with Gasteiger partial charge in [0.05, 0.1) is 16.3 Å². The third-order valence-electron chi connectivity index (χ3n) is 5.07. The van der Waals surface area contributed by atoms with E-state index in [1.807, 2.05) is 6.92 Å². The lowest BCUT2D eigenvalue weighted by Gasteiger charge is -2.26. The molecule has 162 valence electrons. The Bertz CT molecular complexity index is 1100. The summed E-state index contributed by atoms with van der Waals surface area (Å²) in [6, 6.07) is 12.7. The number of hydrogen-bond acceptors (Lipinski definition) is 5. The van der Waals surface area contributed by atoms with Gasteiger partial charge in [-0.15, -0.1) is 0 Å². The van der Waals surface area contributed by atoms with Crippen LogP contribution in [-0.2, 0) is 24.7 Å². The van der Waals surface area contributed by atoms with Crippen LogP contribution in [0.15, 0.2) is 58.3 Å². The van der Waals surface area contributed by atoms with Gasteiger partial charge < -0.3 is 5.32 Å². The summed E-state index contributed by atoms with van der Waals surface area (Å²) in [5, 5.41) is 2.58. The summed E-state index contributed by atoms with van der Waals surface area (Å²) in [5.41, 5.74) is 1.11. The van der Waals surface area contributed by atoms with Gasteiger partial charge in [-0.1, -0.05) is 36.2 Å². The maximum absolute atomic E-state index is 13.0. The Morgan fingerprint density at radius 1 is 0.933 bits per heavy atom. The van der Waals surface area contributed by atoms with Gasteiger partial charge in [0.1, 0.15) is 4.90 Å². The number of sulfonamides is 1. The molecule has 1 aliphatic heterocycles. The van der Waals surface area contributed by atoms with Crippen molar-refractivity contribution in [1.82, 2.24) is 4.31 Å². The largest absolute Gasteiger partial charge is 0.325 e. The third-order valence-corrected chi connectivity index (χ3v) is 8.76. The molecule has 0 saturated carbocycles. The van der Waals surface area contributed by atoms with Gasteiger partial charge in [-0.3, -0.25) is 4.79 Å². The minimum atomic E-state index is -3.73. The van der Waals surface area contributed by atoms with Crippen LogP contribution >= 0.6 is 0 Å². The van der Waals surface area contributed by atoms with E-state index in [0.717, 1.165) is 24.8 Å². The molecule has 0 spiro atoms. The number of piperidine rings is 1. The number of aryl methyl sites for hydroxylation is 1. The monoisotopic (exact) mass is 450 g/mol. The number of sulfone groups is 1. The molecule has 1 fully saturated rings. The molecule has 0 bridgehead atoms. The van der Waals surface area contributed by atoms with E-state index in [0.29, 0.717) is 13.1 Å². The van der Waals surface area contributed by atoms with Crippen molar-refractivity contribution in [3.8, 4) is 0 Å². The molecule has 1 saturated heterocycles. The fourth-order valence-electron chi connectivity index (χ4n) is 3.34. The first kappa shape index (κ1) is 22.5. The van der Waals surface area contributed by atoms with Gasteiger partial charge >= 0.3 is 0 Å². The normalized spacial score (nSPS) is 15.6. The van der Waals surface area contributed by atoms with Crippen molar-refractivity contribution in [2.24, 2.45) is 0 Å². The highest BCUT2D eigenvalue weighted by Crippen LogP contribution is 2.27. The number of nitrogens with zero attached hydrogens (tertiary/aromatic N) is 1. The number of benzene rings is 2. The van der Waals surface area contributed by atoms with E-state index in [9.17, 15) is 21.6 Å². The molecule has 0 atom stereocenters. The molecule has 0 radical (unpaired) electrons. The predicted octanol–water partition coefficient (Wildman–Crippen LogP) is 2.97. The Hall–Kier alpha value is -2.23. The van der Waals surface area contributed by atoms with Crippen LogP contribution < -0.4 is 5.32 Å². The summed E-state index contributed by atoms with van der Waals surface area (Å²) in [5.74, 6) is -0.907. The molecule has 0 aromatic heterocycles. The van der Waals surface area contributed by atoms with Crippen LogP contribution in [0.3, 0.4) is 0 Å². The lowest BCUT2D eigenvalue weighted by Crippen LogP contribution is -2.36. The number of para-hydroxylation sites is 1. The zero-order valence-corrected chi connectivity index (χ0v) is 18.5. The lowest BCUT2D eigenvalue weighted by atomic mass is 10.2. The van der Waals surface area contributed by atoms with Crippen LogP contribution in [0, 0.1) is 6.92 Å². The van der Waals surface area contributed by atoms with Gasteiger partial charge in [0, 0.05) is 19.5 Å². The lowest BCUT2D eigenvalue weighted by molar-refractivity contribution is -0.115. The number of amides is 1. The highest BCUT2D eigenvalue weighted by Gasteiger charge is 2.28. The summed E-state index contributed by atoms with van der Waals surface area (Å²) in [7, 11) is -7.34. The minimum Gasteiger partial charge on any atom is -0.325 e. The van der Waals surface area contributed by atoms with E-state index in [1.165, 1.54) is 28.6 Å². The van der Waals surface area contributed by atoms with E-state index in [1.54, 1.807) is 24.3 Å². The Balaban J connectivity index is 1.71. The highest BCUT2D eigenvalue weighted by molar-refractivity contribution is 7.91. The van der Waals surface area contributed by atoms with Gasteiger partial charge in [0.25, 0.3) is 0 Å². The molecule has 9 heteroatoms. The summed E-state index contributed by atoms with van der Waals surface area (Å²) < 4.78 is 52.3. The van der Waals surface area contributed by atoms with Crippen molar-refractivity contribution < 1.29 is 21.6 Å². The zero-order chi connectivity index (χ0) is 21.8. The average molecular weight is 451 g/mol. The summed E-state index contributed by atoms with van der Waals surface area (Å²) >= 11 is 0. The Morgan fingerprint density at radius 3 is 2.23 bits per heavy atom. The van der Waals surface area contributed by atoms with Crippen molar-refractivity contribution in [3.05, 3.63) is 54.1 Å². The van der Waals surface area contributed by atoms with Gasteiger partial charge in [0.15, 0.2) is 9.84 Å². The number of carbonyl (C=O) groups excluding carboxylic acids is 1. The van der Waals surface area contributed by atoms with E-state index in [4.69, 9.17) is 0 Å². The van der Waals surface area contributed by atoms with Crippen LogP contribution in [0.4, 0.5) is 5.69 Å². The van der Waals surface area contributed by atoms with Crippen molar-refractivity contribution >= 4 is 31.5 Å². The van der Waals surface area contributed by atoms with Gasteiger partial charge in [-0.25, -0.2) is 16.8 Å². The molecular formula is C21H26N2O5S2. The maximum atomic E-state index is 13.0. The average Bonchev–Trinajstić information content (AvgIpc) is 2.74. The quantitative estimate of drug-likeness (QED) is 0.699. The Morgan fingerprint density at radius 2 is 1.57 bits per heavy atom. The fourth-order valence-corrected chi connectivity index (χ4v) is 6.25. The SMILES string of the molecule is Cc1ccc(S(=O)(=O)CCC(=O)Nc2ccccc2S(=O)(=O)N2CCCCC2)cc1. The molecular weight excluding hydrogens is 424 g/mol. The Labute approximate surface area is 178 Å². The summed E-state index contributed by atoms with van der Waals surface area (Å²) in [6.07, 6.45) is 2.35. The van der Waals surface area contributed by atoms with E-state index >= 15 is 0 Å². The zero-order valence-electron chi connectivity index (χ0n) is 16.9. The number of carbonyl (C=O) groups is 1. The van der Waals surface area contributed by atoms with E-state index < -0.39 is 25.8 Å². The van der Waals surface area contributed by atoms with Crippen LogP contribution in [0.2, 0.25) is 0 Å². The molecule has 2 aromatic carbocycles. The molecule has 3 rings (SSSR count). The fraction of sp³-hybridized carbons (Fsp3) is 0.381. The molecule has 0 unspecified atom stereocenters. The summed E-state index contributed by atoms with van der Waals surface area (Å²) in [6.45, 7) is 2.78. The van der Waals surface area contributed by atoms with E-state index in [2.05, 4.69) is 5.32 Å². The van der Waals surface area contributed by atoms with Crippen LogP contribution in [0.1, 0.15) is 31.2 Å². The summed E-state index contributed by atoms with van der Waals surface area (Å²) in [4.78, 5) is 12.6. The van der Waals surface area contributed by atoms with Gasteiger partial charge in [-0.05, 0) is 44.0 Å². The molecule has 30 heavy (non-hydrogen) atoms. The first-order valence-corrected chi connectivity index (χ1v) is 13.0. The molecule has 7 nitrogen and oxygen atoms in total. The van der Waals surface area contributed by atoms with Gasteiger partial charge in [-0.2, -0.15) is 4.31 Å². The molecule has 2 aromatic rings. The first-order chi connectivity index (χ1) is 14.2. The number of anilines is 1. The first-order valence-electron chi connectivity index (χ1n) is 9.89. The van der Waals surface area contributed by atoms with Crippen LogP contribution in [0.5, 0.6) is 0 Å². The smallest absolute Gasteiger partial charge is 0.245 e. The van der Waals surface area contributed by atoms with Gasteiger partial charge in [0.2, 0.25) is 15.9 Å². The second kappa shape index (κ2) is 9.28. The minimum absolute atomic E-state index is 0.0293. The molecule has 0 aliphatic carbocycles. The standard InChI is InChI=1S/C21H26N2O5S2/c1-17-9-11-18(12-10-17)29(25,26)16-13-21(24)22-19-7-3-4-8-20(19)30(27,28)23-14-5-2-6-15-23/h3-4,7-12H,2,5-6,13-16H2,1H3,(H,22,24). The third kappa shape index (κ3) is 5.27. The predicted molar refractivity (Wildman–Crippen MR) is 116 cm³/mol. The van der Waals surface area contributed by atoms with Crippen molar-refractivity contribution in [3.63, 3.8) is 0 Å². The number of nitrogens with one attached hydrogen (secondary N) is 1. The number of rotatable bonds is 7. The second-order valence-electron chi connectivity index (χ2n) is 7.39. The van der Waals surface area contributed by atoms with Crippen molar-refractivity contribution in [2.75, 3.05) is 24.2 Å². The molecule has 1 aliphatic rings. The van der Waals surface area contributed by atoms with Crippen LogP contribution in [-0.4, -0.2) is 45.9 Å². The molecule has 1 N–H and O–H groups in total. The maximum Gasteiger partial charge on any atom is 0.245 e. The van der Waals surface area contributed by atoms with Crippen molar-refractivity contribution in [2.45, 2.75) is 42.4 Å².